The van der Waals surface area contributed by atoms with Crippen molar-refractivity contribution in [1.29, 1.82) is 0 Å². The van der Waals surface area contributed by atoms with Crippen LogP contribution in [0.15, 0.2) is 0 Å². The SMILES string of the molecule is CCCCCCCCCOC(=O)C(=O)[O-].[K+]. The second-order valence-corrected chi connectivity index (χ2v) is 3.54. The van der Waals surface area contributed by atoms with Crippen LogP contribution in [0.4, 0.5) is 0 Å². The third kappa shape index (κ3) is 12.6. The topological polar surface area (TPSA) is 66.4 Å². The minimum Gasteiger partial charge on any atom is -0.539 e. The number of hydrogen-bond donors (Lipinski definition) is 0. The number of ether oxygens (including phenoxy) is 1. The first-order chi connectivity index (χ1) is 7.18. The van der Waals surface area contributed by atoms with Gasteiger partial charge in [0.25, 0.3) is 0 Å². The van der Waals surface area contributed by atoms with E-state index in [1.54, 1.807) is 0 Å². The molecule has 0 heterocycles. The van der Waals surface area contributed by atoms with Gasteiger partial charge in [0, 0.05) is 0 Å². The van der Waals surface area contributed by atoms with Crippen molar-refractivity contribution in [3.63, 3.8) is 0 Å². The fourth-order valence-corrected chi connectivity index (χ4v) is 1.28. The molecule has 0 radical (unpaired) electrons. The van der Waals surface area contributed by atoms with Crippen molar-refractivity contribution in [2.45, 2.75) is 51.9 Å². The zero-order valence-corrected chi connectivity index (χ0v) is 13.4. The van der Waals surface area contributed by atoms with Gasteiger partial charge in [-0.25, -0.2) is 4.79 Å². The average Bonchev–Trinajstić information content (AvgIpc) is 2.21. The minimum absolute atomic E-state index is 0. The summed E-state index contributed by atoms with van der Waals surface area (Å²) in [5.74, 6) is -3.03. The molecule has 0 aromatic heterocycles. The van der Waals surface area contributed by atoms with Crippen LogP contribution in [-0.4, -0.2) is 18.5 Å². The number of hydrogen-bond acceptors (Lipinski definition) is 4. The Kier molecular flexibility index (Phi) is 16.1. The molecule has 0 amide bonds. The first-order valence-electron chi connectivity index (χ1n) is 5.56. The van der Waals surface area contributed by atoms with Crippen molar-refractivity contribution in [1.82, 2.24) is 0 Å². The molecule has 0 aliphatic rings. The zero-order valence-electron chi connectivity index (χ0n) is 10.3. The summed E-state index contributed by atoms with van der Waals surface area (Å²) < 4.78 is 4.43. The Bertz CT molecular complexity index is 194. The summed E-state index contributed by atoms with van der Waals surface area (Å²) in [6, 6.07) is 0. The fraction of sp³-hybridized carbons (Fsp3) is 0.818. The molecular formula is C11H19KO4. The molecule has 0 aromatic rings. The van der Waals surface area contributed by atoms with Crippen LogP contribution in [0.2, 0.25) is 0 Å². The van der Waals surface area contributed by atoms with E-state index >= 15 is 0 Å². The van der Waals surface area contributed by atoms with E-state index in [-0.39, 0.29) is 58.0 Å². The van der Waals surface area contributed by atoms with Gasteiger partial charge in [0.15, 0.2) is 5.97 Å². The molecular weight excluding hydrogens is 235 g/mol. The summed E-state index contributed by atoms with van der Waals surface area (Å²) in [4.78, 5) is 20.4. The summed E-state index contributed by atoms with van der Waals surface area (Å²) >= 11 is 0. The first kappa shape index (κ1) is 18.9. The average molecular weight is 254 g/mol. The van der Waals surface area contributed by atoms with Crippen molar-refractivity contribution in [2.24, 2.45) is 0 Å². The quantitative estimate of drug-likeness (QED) is 0.218. The number of unbranched alkanes of at least 4 members (excludes halogenated alkanes) is 6. The van der Waals surface area contributed by atoms with Gasteiger partial charge in [-0.15, -0.1) is 0 Å². The molecule has 88 valence electrons. The molecule has 0 saturated heterocycles. The number of carbonyl (C=O) groups is 2. The molecule has 0 unspecified atom stereocenters. The predicted molar refractivity (Wildman–Crippen MR) is 54.0 cm³/mol. The standard InChI is InChI=1S/C11H20O4.K/c1-2-3-4-5-6-7-8-9-15-11(14)10(12)13;/h2-9H2,1H3,(H,12,13);/q;+1/p-1. The molecule has 5 heteroatoms. The Morgan fingerprint density at radius 2 is 1.50 bits per heavy atom. The van der Waals surface area contributed by atoms with Crippen molar-refractivity contribution < 1.29 is 70.8 Å². The van der Waals surface area contributed by atoms with Crippen molar-refractivity contribution in [3.05, 3.63) is 0 Å². The molecule has 0 spiro atoms. The second-order valence-electron chi connectivity index (χ2n) is 3.54. The maximum Gasteiger partial charge on any atom is 1.00 e. The third-order valence-corrected chi connectivity index (χ3v) is 2.15. The molecule has 0 aliphatic heterocycles. The molecule has 16 heavy (non-hydrogen) atoms. The van der Waals surface area contributed by atoms with Gasteiger partial charge in [-0.05, 0) is 6.42 Å². The second kappa shape index (κ2) is 13.6. The number of carbonyl (C=O) groups excluding carboxylic acids is 2. The van der Waals surface area contributed by atoms with Gasteiger partial charge in [-0.1, -0.05) is 45.4 Å². The molecule has 0 atom stereocenters. The van der Waals surface area contributed by atoms with E-state index in [2.05, 4.69) is 11.7 Å². The van der Waals surface area contributed by atoms with Crippen LogP contribution in [0.5, 0.6) is 0 Å². The number of aliphatic carboxylic acids is 1. The van der Waals surface area contributed by atoms with E-state index in [4.69, 9.17) is 0 Å². The van der Waals surface area contributed by atoms with Crippen LogP contribution in [0, 0.1) is 0 Å². The van der Waals surface area contributed by atoms with Gasteiger partial charge < -0.3 is 14.6 Å². The molecule has 0 saturated carbocycles. The maximum absolute atomic E-state index is 10.4. The number of carboxylic acids is 1. The normalized spacial score (nSPS) is 9.31. The van der Waals surface area contributed by atoms with Gasteiger partial charge in [-0.2, -0.15) is 0 Å². The predicted octanol–water partition coefficient (Wildman–Crippen LogP) is -1.97. The summed E-state index contributed by atoms with van der Waals surface area (Å²) in [5.41, 5.74) is 0. The Morgan fingerprint density at radius 3 is 2.00 bits per heavy atom. The van der Waals surface area contributed by atoms with Gasteiger partial charge in [0.05, 0.1) is 6.61 Å². The third-order valence-electron chi connectivity index (χ3n) is 2.15. The molecule has 0 N–H and O–H groups in total. The molecule has 4 nitrogen and oxygen atoms in total. The summed E-state index contributed by atoms with van der Waals surface area (Å²) in [6.45, 7) is 2.35. The summed E-state index contributed by atoms with van der Waals surface area (Å²) in [7, 11) is 0. The van der Waals surface area contributed by atoms with E-state index in [0.29, 0.717) is 0 Å². The van der Waals surface area contributed by atoms with Crippen LogP contribution >= 0.6 is 0 Å². The fourth-order valence-electron chi connectivity index (χ4n) is 1.28. The van der Waals surface area contributed by atoms with Gasteiger partial charge in [0.2, 0.25) is 0 Å². The monoisotopic (exact) mass is 254 g/mol. The van der Waals surface area contributed by atoms with Crippen LogP contribution in [-0.2, 0) is 14.3 Å². The maximum atomic E-state index is 10.4. The van der Waals surface area contributed by atoms with Crippen LogP contribution in [0.1, 0.15) is 51.9 Å². The smallest absolute Gasteiger partial charge is 0.539 e. The van der Waals surface area contributed by atoms with Crippen molar-refractivity contribution in [3.8, 4) is 0 Å². The van der Waals surface area contributed by atoms with Crippen LogP contribution < -0.4 is 56.5 Å². The Balaban J connectivity index is 0. The van der Waals surface area contributed by atoms with E-state index in [9.17, 15) is 14.7 Å². The Hall–Kier alpha value is 0.576. The van der Waals surface area contributed by atoms with Crippen molar-refractivity contribution in [2.75, 3.05) is 6.61 Å². The van der Waals surface area contributed by atoms with E-state index < -0.39 is 11.9 Å². The van der Waals surface area contributed by atoms with E-state index in [0.717, 1.165) is 19.3 Å². The molecule has 0 fully saturated rings. The first-order valence-corrected chi connectivity index (χ1v) is 5.56. The number of esters is 1. The zero-order chi connectivity index (χ0) is 11.5. The van der Waals surface area contributed by atoms with E-state index in [1.807, 2.05) is 0 Å². The summed E-state index contributed by atoms with van der Waals surface area (Å²) in [5, 5.41) is 9.95. The Labute approximate surface area is 140 Å². The largest absolute Gasteiger partial charge is 1.00 e. The van der Waals surface area contributed by atoms with E-state index in [1.165, 1.54) is 25.7 Å². The van der Waals surface area contributed by atoms with Crippen LogP contribution in [0.3, 0.4) is 0 Å². The van der Waals surface area contributed by atoms with Crippen LogP contribution in [0.25, 0.3) is 0 Å². The molecule has 0 aliphatic carbocycles. The van der Waals surface area contributed by atoms with Crippen molar-refractivity contribution >= 4 is 11.9 Å². The minimum atomic E-state index is -1.77. The van der Waals surface area contributed by atoms with Gasteiger partial charge in [-0.3, -0.25) is 0 Å². The Morgan fingerprint density at radius 1 is 1.00 bits per heavy atom. The molecule has 0 rings (SSSR count). The number of rotatable bonds is 8. The van der Waals surface area contributed by atoms with Gasteiger partial charge in [0.1, 0.15) is 0 Å². The molecule has 0 bridgehead atoms. The summed E-state index contributed by atoms with van der Waals surface area (Å²) in [6.07, 6.45) is 7.75. The van der Waals surface area contributed by atoms with Gasteiger partial charge >= 0.3 is 57.4 Å². The number of carboxylic acid groups (broad SMARTS) is 1. The molecule has 0 aromatic carbocycles.